The molecule has 0 radical (unpaired) electrons. The van der Waals surface area contributed by atoms with Crippen LogP contribution in [0.25, 0.3) is 0 Å². The van der Waals surface area contributed by atoms with Gasteiger partial charge in [0.1, 0.15) is 5.82 Å². The lowest BCUT2D eigenvalue weighted by molar-refractivity contribution is -0.00539. The average molecular weight is 407 g/mol. The van der Waals surface area contributed by atoms with Crippen LogP contribution in [0.5, 0.6) is 0 Å². The van der Waals surface area contributed by atoms with E-state index < -0.39 is 6.10 Å². The minimum absolute atomic E-state index is 0.00679. The van der Waals surface area contributed by atoms with Gasteiger partial charge in [-0.1, -0.05) is 0 Å². The fourth-order valence-corrected chi connectivity index (χ4v) is 4.79. The molecule has 4 atom stereocenters. The summed E-state index contributed by atoms with van der Waals surface area (Å²) in [6.45, 7) is 7.98. The van der Waals surface area contributed by atoms with Gasteiger partial charge >= 0.3 is 6.03 Å². The molecule has 4 rings (SSSR count). The minimum Gasteiger partial charge on any atom is -0.390 e. The van der Waals surface area contributed by atoms with Crippen molar-refractivity contribution in [1.29, 1.82) is 0 Å². The largest absolute Gasteiger partial charge is 0.390 e. The van der Waals surface area contributed by atoms with Gasteiger partial charge in [-0.2, -0.15) is 0 Å². The Hall–Kier alpha value is -1.90. The van der Waals surface area contributed by atoms with E-state index in [0.717, 1.165) is 25.9 Å². The van der Waals surface area contributed by atoms with Crippen LogP contribution in [-0.4, -0.2) is 84.6 Å². The Balaban J connectivity index is 1.38. The number of β-amino-alcohol motifs (C(OH)–C–C–N with tert-alkyl or cyclic N) is 1. The molecule has 2 N–H and O–H groups in total. The number of hydrogen-bond acceptors (Lipinski definition) is 5. The molecule has 1 aromatic rings. The molecule has 0 spiro atoms. The van der Waals surface area contributed by atoms with E-state index in [1.807, 2.05) is 18.7 Å². The molecule has 0 unspecified atom stereocenters. The van der Waals surface area contributed by atoms with Gasteiger partial charge in [0.05, 0.1) is 36.6 Å². The molecule has 2 amide bonds. The van der Waals surface area contributed by atoms with Crippen LogP contribution in [0, 0.1) is 5.82 Å². The summed E-state index contributed by atoms with van der Waals surface area (Å²) in [5.74, 6) is -0.361. The predicted octanol–water partition coefficient (Wildman–Crippen LogP) is 2.11. The molecule has 0 aromatic heterocycles. The summed E-state index contributed by atoms with van der Waals surface area (Å²) in [6, 6.07) is 4.49. The van der Waals surface area contributed by atoms with Crippen molar-refractivity contribution in [3.8, 4) is 0 Å². The summed E-state index contributed by atoms with van der Waals surface area (Å²) < 4.78 is 20.5. The molecule has 3 aliphatic heterocycles. The number of nitrogens with one attached hydrogen (secondary N) is 1. The summed E-state index contributed by atoms with van der Waals surface area (Å²) in [5.41, 5.74) is 0.945. The van der Waals surface area contributed by atoms with Crippen LogP contribution in [0.4, 0.5) is 20.6 Å². The number of anilines is 2. The zero-order chi connectivity index (χ0) is 20.5. The van der Waals surface area contributed by atoms with Crippen LogP contribution in [0.3, 0.4) is 0 Å². The van der Waals surface area contributed by atoms with E-state index in [-0.39, 0.29) is 30.1 Å². The van der Waals surface area contributed by atoms with Crippen molar-refractivity contribution in [3.05, 3.63) is 24.0 Å². The van der Waals surface area contributed by atoms with Gasteiger partial charge in [0.15, 0.2) is 0 Å². The number of ether oxygens (including phenoxy) is 1. The first kappa shape index (κ1) is 20.4. The Morgan fingerprint density at radius 2 is 1.83 bits per heavy atom. The number of benzene rings is 1. The molecule has 3 fully saturated rings. The molecule has 0 bridgehead atoms. The van der Waals surface area contributed by atoms with Crippen LogP contribution in [-0.2, 0) is 4.74 Å². The SMILES string of the molecule is C[C@@H]1CN(c2ccc(NC(=O)N3C[C@@H](N4CCCC4)[C@@H](O)C3)cc2F)C[C@H](C)O1. The van der Waals surface area contributed by atoms with E-state index >= 15 is 0 Å². The highest BCUT2D eigenvalue weighted by Crippen LogP contribution is 2.27. The molecule has 7 nitrogen and oxygen atoms in total. The lowest BCUT2D eigenvalue weighted by Crippen LogP contribution is -2.45. The van der Waals surface area contributed by atoms with Crippen molar-refractivity contribution >= 4 is 17.4 Å². The number of urea groups is 1. The van der Waals surface area contributed by atoms with Crippen LogP contribution < -0.4 is 10.2 Å². The average Bonchev–Trinajstić information content (AvgIpc) is 3.30. The van der Waals surface area contributed by atoms with Gasteiger partial charge < -0.3 is 25.0 Å². The van der Waals surface area contributed by atoms with Gasteiger partial charge in [-0.05, 0) is 58.0 Å². The lowest BCUT2D eigenvalue weighted by atomic mass is 10.2. The van der Waals surface area contributed by atoms with Crippen LogP contribution >= 0.6 is 0 Å². The number of hydrogen-bond donors (Lipinski definition) is 2. The maximum atomic E-state index is 14.8. The van der Waals surface area contributed by atoms with Crippen molar-refractivity contribution in [2.45, 2.75) is 51.0 Å². The quantitative estimate of drug-likeness (QED) is 0.805. The number of morpholine rings is 1. The van der Waals surface area contributed by atoms with Gasteiger partial charge in [0.2, 0.25) is 0 Å². The second-order valence-corrected chi connectivity index (χ2v) is 8.54. The first-order valence-corrected chi connectivity index (χ1v) is 10.6. The lowest BCUT2D eigenvalue weighted by Gasteiger charge is -2.37. The predicted molar refractivity (Wildman–Crippen MR) is 110 cm³/mol. The Kier molecular flexibility index (Phi) is 5.94. The number of likely N-dealkylation sites (tertiary alicyclic amines) is 2. The number of rotatable bonds is 3. The highest BCUT2D eigenvalue weighted by molar-refractivity contribution is 5.89. The fraction of sp³-hybridized carbons (Fsp3) is 0.667. The summed E-state index contributed by atoms with van der Waals surface area (Å²) >= 11 is 0. The normalized spacial score (nSPS) is 30.8. The number of carbonyl (C=O) groups excluding carboxylic acids is 1. The molecule has 3 heterocycles. The number of halogens is 1. The topological polar surface area (TPSA) is 68.3 Å². The Morgan fingerprint density at radius 1 is 1.14 bits per heavy atom. The van der Waals surface area contributed by atoms with E-state index in [0.29, 0.717) is 37.6 Å². The molecule has 160 valence electrons. The van der Waals surface area contributed by atoms with E-state index in [2.05, 4.69) is 10.2 Å². The summed E-state index contributed by atoms with van der Waals surface area (Å²) in [6.07, 6.45) is 1.83. The fourth-order valence-electron chi connectivity index (χ4n) is 4.79. The van der Waals surface area contributed by atoms with Crippen LogP contribution in [0.1, 0.15) is 26.7 Å². The molecule has 3 aliphatic rings. The van der Waals surface area contributed by atoms with Gasteiger partial charge in [0.25, 0.3) is 0 Å². The van der Waals surface area contributed by atoms with E-state index in [1.165, 1.54) is 6.07 Å². The third-order valence-electron chi connectivity index (χ3n) is 6.12. The molecule has 0 saturated carbocycles. The zero-order valence-corrected chi connectivity index (χ0v) is 17.2. The number of aliphatic hydroxyl groups excluding tert-OH is 1. The second-order valence-electron chi connectivity index (χ2n) is 8.54. The standard InChI is InChI=1S/C21H31FN4O3/c1-14-10-25(11-15(2)29-14)18-6-5-16(9-17(18)22)23-21(28)26-12-19(20(27)13-26)24-7-3-4-8-24/h5-6,9,14-15,19-20,27H,3-4,7-8,10-13H2,1-2H3,(H,23,28)/t14-,15+,19-,20+/m1/s1. The summed E-state index contributed by atoms with van der Waals surface area (Å²) in [4.78, 5) is 18.5. The van der Waals surface area contributed by atoms with Crippen molar-refractivity contribution in [2.24, 2.45) is 0 Å². The van der Waals surface area contributed by atoms with Gasteiger partial charge in [-0.25, -0.2) is 9.18 Å². The highest BCUT2D eigenvalue weighted by atomic mass is 19.1. The molecule has 0 aliphatic carbocycles. The summed E-state index contributed by atoms with van der Waals surface area (Å²) in [7, 11) is 0. The maximum absolute atomic E-state index is 14.8. The van der Waals surface area contributed by atoms with Gasteiger partial charge in [0, 0.05) is 25.3 Å². The van der Waals surface area contributed by atoms with E-state index in [9.17, 15) is 14.3 Å². The van der Waals surface area contributed by atoms with E-state index in [4.69, 9.17) is 4.74 Å². The highest BCUT2D eigenvalue weighted by Gasteiger charge is 2.38. The molecular formula is C21H31FN4O3. The van der Waals surface area contributed by atoms with Crippen molar-refractivity contribution < 1.29 is 19.0 Å². The number of nitrogens with zero attached hydrogens (tertiary/aromatic N) is 3. The van der Waals surface area contributed by atoms with Gasteiger partial charge in [-0.3, -0.25) is 4.90 Å². The van der Waals surface area contributed by atoms with Crippen LogP contribution in [0.15, 0.2) is 18.2 Å². The zero-order valence-electron chi connectivity index (χ0n) is 17.2. The Labute approximate surface area is 171 Å². The molecule has 3 saturated heterocycles. The smallest absolute Gasteiger partial charge is 0.321 e. The van der Waals surface area contributed by atoms with Crippen molar-refractivity contribution in [2.75, 3.05) is 49.5 Å². The Bertz CT molecular complexity index is 733. The first-order valence-electron chi connectivity index (χ1n) is 10.6. The number of amides is 2. The van der Waals surface area contributed by atoms with Crippen molar-refractivity contribution in [1.82, 2.24) is 9.80 Å². The first-order chi connectivity index (χ1) is 13.9. The third-order valence-corrected chi connectivity index (χ3v) is 6.12. The molecular weight excluding hydrogens is 375 g/mol. The monoisotopic (exact) mass is 406 g/mol. The van der Waals surface area contributed by atoms with Crippen molar-refractivity contribution in [3.63, 3.8) is 0 Å². The maximum Gasteiger partial charge on any atom is 0.321 e. The molecule has 8 heteroatoms. The van der Waals surface area contributed by atoms with Gasteiger partial charge in [-0.15, -0.1) is 0 Å². The third kappa shape index (κ3) is 4.49. The summed E-state index contributed by atoms with van der Waals surface area (Å²) in [5, 5.41) is 13.1. The van der Waals surface area contributed by atoms with E-state index in [1.54, 1.807) is 17.0 Å². The minimum atomic E-state index is -0.539. The molecule has 1 aromatic carbocycles. The van der Waals surface area contributed by atoms with Crippen LogP contribution in [0.2, 0.25) is 0 Å². The molecule has 29 heavy (non-hydrogen) atoms. The Morgan fingerprint density at radius 3 is 2.48 bits per heavy atom. The number of aliphatic hydroxyl groups is 1. The number of carbonyl (C=O) groups is 1. The second kappa shape index (κ2) is 8.45.